The largest absolute Gasteiger partial charge is 0.449 e. The van der Waals surface area contributed by atoms with Gasteiger partial charge in [0.15, 0.2) is 0 Å². The lowest BCUT2D eigenvalue weighted by Crippen LogP contribution is -2.34. The van der Waals surface area contributed by atoms with E-state index in [0.29, 0.717) is 12.1 Å². The predicted octanol–water partition coefficient (Wildman–Crippen LogP) is 5.03. The van der Waals surface area contributed by atoms with E-state index >= 15 is 0 Å². The zero-order chi connectivity index (χ0) is 20.9. The molecule has 1 saturated heterocycles. The fourth-order valence-electron chi connectivity index (χ4n) is 4.03. The number of fused-ring (bicyclic) bond motifs is 2. The number of amides is 1. The lowest BCUT2D eigenvalue weighted by Gasteiger charge is -2.24. The molecule has 9 heteroatoms. The molecule has 1 aliphatic heterocycles. The molecule has 0 radical (unpaired) electrons. The van der Waals surface area contributed by atoms with Gasteiger partial charge in [0.2, 0.25) is 11.7 Å². The minimum Gasteiger partial charge on any atom is -0.332 e. The number of hydrogen-bond acceptors (Lipinski definition) is 4. The van der Waals surface area contributed by atoms with Gasteiger partial charge in [-0.2, -0.15) is 13.2 Å². The van der Waals surface area contributed by atoms with Crippen molar-refractivity contribution in [2.75, 3.05) is 6.54 Å². The molecule has 0 bridgehead atoms. The Kier molecular flexibility index (Phi) is 4.50. The van der Waals surface area contributed by atoms with Crippen LogP contribution in [-0.4, -0.2) is 31.9 Å². The van der Waals surface area contributed by atoms with E-state index in [1.807, 2.05) is 24.3 Å². The number of likely N-dealkylation sites (tertiary alicyclic amines) is 1. The molecule has 3 heterocycles. The predicted molar refractivity (Wildman–Crippen MR) is 108 cm³/mol. The standard InChI is InChI=1S/C21H17F3N4OS/c22-21(23,24)20-26-13-6-1-3-8-15(13)28(20)12-18(29)27-11-5-9-16(27)19-25-14-7-2-4-10-17(14)30-19/h1-4,6-8,10,16H,5,9,11-12H2/t16-/m0/s1. The van der Waals surface area contributed by atoms with E-state index in [4.69, 9.17) is 0 Å². The van der Waals surface area contributed by atoms with Gasteiger partial charge in [-0.25, -0.2) is 9.97 Å². The first-order valence-corrected chi connectivity index (χ1v) is 10.4. The van der Waals surface area contributed by atoms with Gasteiger partial charge < -0.3 is 9.47 Å². The van der Waals surface area contributed by atoms with Crippen LogP contribution in [0.15, 0.2) is 48.5 Å². The van der Waals surface area contributed by atoms with Gasteiger partial charge in [0.25, 0.3) is 0 Å². The van der Waals surface area contributed by atoms with Crippen molar-refractivity contribution in [1.29, 1.82) is 0 Å². The van der Waals surface area contributed by atoms with Crippen molar-refractivity contribution in [2.45, 2.75) is 31.6 Å². The van der Waals surface area contributed by atoms with Gasteiger partial charge in [0.05, 0.1) is 27.3 Å². The van der Waals surface area contributed by atoms with E-state index in [9.17, 15) is 18.0 Å². The zero-order valence-corrected chi connectivity index (χ0v) is 16.6. The number of carbonyl (C=O) groups is 1. The van der Waals surface area contributed by atoms with Crippen LogP contribution in [0.4, 0.5) is 13.2 Å². The van der Waals surface area contributed by atoms with Crippen LogP contribution in [0.1, 0.15) is 29.7 Å². The lowest BCUT2D eigenvalue weighted by atomic mass is 10.2. The molecule has 2 aromatic heterocycles. The summed E-state index contributed by atoms with van der Waals surface area (Å²) in [6.45, 7) is 0.101. The Morgan fingerprint density at radius 3 is 2.57 bits per heavy atom. The normalized spacial score (nSPS) is 17.3. The van der Waals surface area contributed by atoms with Crippen LogP contribution in [0.3, 0.4) is 0 Å². The van der Waals surface area contributed by atoms with Crippen LogP contribution in [-0.2, 0) is 17.5 Å². The van der Waals surface area contributed by atoms with E-state index in [2.05, 4.69) is 9.97 Å². The van der Waals surface area contributed by atoms with E-state index in [0.717, 1.165) is 32.6 Å². The number of thiazole rings is 1. The Morgan fingerprint density at radius 2 is 1.80 bits per heavy atom. The molecular formula is C21H17F3N4OS. The Hall–Kier alpha value is -2.94. The number of halogens is 3. The molecule has 1 fully saturated rings. The van der Waals surface area contributed by atoms with E-state index in [1.165, 1.54) is 17.4 Å². The monoisotopic (exact) mass is 430 g/mol. The van der Waals surface area contributed by atoms with Gasteiger partial charge in [-0.15, -0.1) is 11.3 Å². The van der Waals surface area contributed by atoms with Crippen LogP contribution >= 0.6 is 11.3 Å². The van der Waals surface area contributed by atoms with Crippen molar-refractivity contribution < 1.29 is 18.0 Å². The Morgan fingerprint density at radius 1 is 1.07 bits per heavy atom. The molecule has 1 atom stereocenters. The second-order valence-electron chi connectivity index (χ2n) is 7.27. The quantitative estimate of drug-likeness (QED) is 0.458. The molecule has 4 aromatic rings. The number of para-hydroxylation sites is 3. The number of carbonyl (C=O) groups excluding carboxylic acids is 1. The van der Waals surface area contributed by atoms with Crippen LogP contribution in [0.25, 0.3) is 21.3 Å². The van der Waals surface area contributed by atoms with Gasteiger partial charge in [-0.05, 0) is 37.1 Å². The summed E-state index contributed by atoms with van der Waals surface area (Å²) in [7, 11) is 0. The fourth-order valence-corrected chi connectivity index (χ4v) is 5.15. The van der Waals surface area contributed by atoms with Crippen LogP contribution in [0, 0.1) is 0 Å². The molecule has 1 aliphatic rings. The van der Waals surface area contributed by atoms with Crippen LogP contribution < -0.4 is 0 Å². The van der Waals surface area contributed by atoms with Gasteiger partial charge in [0.1, 0.15) is 11.6 Å². The summed E-state index contributed by atoms with van der Waals surface area (Å²) in [6.07, 6.45) is -3.09. The van der Waals surface area contributed by atoms with Gasteiger partial charge >= 0.3 is 6.18 Å². The maximum atomic E-state index is 13.6. The van der Waals surface area contributed by atoms with E-state index < -0.39 is 18.5 Å². The molecule has 0 spiro atoms. The summed E-state index contributed by atoms with van der Waals surface area (Å²) in [4.78, 5) is 23.2. The van der Waals surface area contributed by atoms with Gasteiger partial charge in [0, 0.05) is 6.54 Å². The average molecular weight is 430 g/mol. The molecule has 5 rings (SSSR count). The third kappa shape index (κ3) is 3.23. The summed E-state index contributed by atoms with van der Waals surface area (Å²) in [5.41, 5.74) is 1.40. The second kappa shape index (κ2) is 7.09. The van der Waals surface area contributed by atoms with Crippen molar-refractivity contribution in [2.24, 2.45) is 0 Å². The highest BCUT2D eigenvalue weighted by atomic mass is 32.1. The van der Waals surface area contributed by atoms with Crippen molar-refractivity contribution >= 4 is 38.5 Å². The number of imidazole rings is 1. The molecule has 0 N–H and O–H groups in total. The third-order valence-electron chi connectivity index (χ3n) is 5.37. The van der Waals surface area contributed by atoms with Gasteiger partial charge in [-0.3, -0.25) is 4.79 Å². The van der Waals surface area contributed by atoms with E-state index in [1.54, 1.807) is 23.1 Å². The Balaban J connectivity index is 1.48. The number of rotatable bonds is 3. The highest BCUT2D eigenvalue weighted by Gasteiger charge is 2.39. The fraction of sp³-hybridized carbons (Fsp3) is 0.286. The number of aromatic nitrogens is 3. The van der Waals surface area contributed by atoms with Crippen molar-refractivity contribution in [3.8, 4) is 0 Å². The first-order valence-electron chi connectivity index (χ1n) is 9.59. The number of alkyl halides is 3. The number of hydrogen-bond donors (Lipinski definition) is 0. The van der Waals surface area contributed by atoms with Crippen LogP contribution in [0.5, 0.6) is 0 Å². The smallest absolute Gasteiger partial charge is 0.332 e. The molecule has 0 unspecified atom stereocenters. The summed E-state index contributed by atoms with van der Waals surface area (Å²) in [6, 6.07) is 13.9. The summed E-state index contributed by atoms with van der Waals surface area (Å²) < 4.78 is 42.7. The minimum atomic E-state index is -4.64. The molecule has 2 aromatic carbocycles. The van der Waals surface area contributed by atoms with Crippen molar-refractivity contribution in [1.82, 2.24) is 19.4 Å². The highest BCUT2D eigenvalue weighted by Crippen LogP contribution is 2.37. The van der Waals surface area contributed by atoms with Crippen molar-refractivity contribution in [3.63, 3.8) is 0 Å². The molecule has 0 saturated carbocycles. The topological polar surface area (TPSA) is 51.0 Å². The van der Waals surface area contributed by atoms with Crippen LogP contribution in [0.2, 0.25) is 0 Å². The Bertz CT molecular complexity index is 1210. The Labute approximate surface area is 173 Å². The molecule has 1 amide bonds. The zero-order valence-electron chi connectivity index (χ0n) is 15.8. The molecule has 0 aliphatic carbocycles. The number of nitrogens with zero attached hydrogens (tertiary/aromatic N) is 4. The highest BCUT2D eigenvalue weighted by molar-refractivity contribution is 7.18. The number of benzene rings is 2. The molecule has 154 valence electrons. The average Bonchev–Trinajstić information content (AvgIpc) is 3.43. The summed E-state index contributed by atoms with van der Waals surface area (Å²) >= 11 is 1.53. The first kappa shape index (κ1) is 19.0. The maximum absolute atomic E-state index is 13.6. The SMILES string of the molecule is O=C(Cn1c(C(F)(F)F)nc2ccccc21)N1CCC[C@H]1c1nc2ccccc2s1. The minimum absolute atomic E-state index is 0.209. The van der Waals surface area contributed by atoms with Crippen molar-refractivity contribution in [3.05, 3.63) is 59.4 Å². The van der Waals surface area contributed by atoms with Gasteiger partial charge in [-0.1, -0.05) is 24.3 Å². The maximum Gasteiger partial charge on any atom is 0.449 e. The molecule has 5 nitrogen and oxygen atoms in total. The summed E-state index contributed by atoms with van der Waals surface area (Å²) in [5, 5.41) is 0.827. The summed E-state index contributed by atoms with van der Waals surface area (Å²) in [5.74, 6) is -1.40. The molecule has 30 heavy (non-hydrogen) atoms. The third-order valence-corrected chi connectivity index (χ3v) is 6.51. The second-order valence-corrected chi connectivity index (χ2v) is 8.34. The first-order chi connectivity index (χ1) is 14.4. The van der Waals surface area contributed by atoms with E-state index in [-0.39, 0.29) is 17.5 Å². The lowest BCUT2D eigenvalue weighted by molar-refractivity contribution is -0.148. The molecular weight excluding hydrogens is 413 g/mol.